The topological polar surface area (TPSA) is 63.6 Å². The Bertz CT molecular complexity index is 310. The minimum atomic E-state index is -1.20. The molecule has 0 aliphatic heterocycles. The highest BCUT2D eigenvalue weighted by atomic mass is 79.9. The van der Waals surface area contributed by atoms with E-state index >= 15 is 0 Å². The monoisotopic (exact) mass is 420 g/mol. The maximum atomic E-state index is 11.3. The van der Waals surface area contributed by atoms with Crippen molar-refractivity contribution in [2.75, 3.05) is 5.33 Å². The molecule has 0 aliphatic rings. The lowest BCUT2D eigenvalue weighted by Gasteiger charge is -2.35. The number of aliphatic carboxylic acids is 1. The van der Waals surface area contributed by atoms with Crippen LogP contribution >= 0.6 is 47.8 Å². The summed E-state index contributed by atoms with van der Waals surface area (Å²) in [6.07, 6.45) is 1.57. The Labute approximate surface area is 119 Å². The van der Waals surface area contributed by atoms with E-state index in [1.165, 1.54) is 0 Å². The van der Waals surface area contributed by atoms with Crippen molar-refractivity contribution in [2.45, 2.75) is 17.3 Å². The van der Waals surface area contributed by atoms with Crippen LogP contribution in [0.3, 0.4) is 0 Å². The first-order chi connectivity index (χ1) is 7.12. The SMILES string of the molecule is CC(C)(CBr)C(Br)(Br)OC(=O)/C=C/C(=O)O. The normalized spacial score (nSPS) is 12.8. The van der Waals surface area contributed by atoms with Crippen LogP contribution in [-0.4, -0.2) is 25.8 Å². The number of ether oxygens (including phenoxy) is 1. The van der Waals surface area contributed by atoms with Gasteiger partial charge < -0.3 is 9.84 Å². The Hall–Kier alpha value is 0.120. The minimum absolute atomic E-state index is 0.417. The van der Waals surface area contributed by atoms with Gasteiger partial charge in [-0.15, -0.1) is 0 Å². The molecule has 7 heteroatoms. The number of rotatable bonds is 5. The van der Waals surface area contributed by atoms with Crippen LogP contribution in [0, 0.1) is 5.41 Å². The van der Waals surface area contributed by atoms with E-state index in [2.05, 4.69) is 47.8 Å². The molecular formula is C9H11Br3O4. The Morgan fingerprint density at radius 3 is 2.19 bits per heavy atom. The molecule has 0 aromatic rings. The second-order valence-electron chi connectivity index (χ2n) is 3.63. The number of carbonyl (C=O) groups is 2. The van der Waals surface area contributed by atoms with E-state index in [0.717, 1.165) is 12.2 Å². The minimum Gasteiger partial charge on any atom is -0.478 e. The molecule has 92 valence electrons. The lowest BCUT2D eigenvalue weighted by Crippen LogP contribution is -2.38. The van der Waals surface area contributed by atoms with Gasteiger partial charge >= 0.3 is 11.9 Å². The summed E-state index contributed by atoms with van der Waals surface area (Å²) < 4.78 is 4.00. The first-order valence-corrected chi connectivity index (χ1v) is 6.91. The fourth-order valence-corrected chi connectivity index (χ4v) is 2.26. The maximum Gasteiger partial charge on any atom is 0.333 e. The highest BCUT2D eigenvalue weighted by Gasteiger charge is 2.43. The van der Waals surface area contributed by atoms with Crippen LogP contribution in [0.1, 0.15) is 13.8 Å². The van der Waals surface area contributed by atoms with E-state index in [-0.39, 0.29) is 0 Å². The van der Waals surface area contributed by atoms with E-state index in [1.807, 2.05) is 13.8 Å². The summed E-state index contributed by atoms with van der Waals surface area (Å²) >= 11 is 9.76. The molecular weight excluding hydrogens is 412 g/mol. The Balaban J connectivity index is 4.60. The Morgan fingerprint density at radius 1 is 1.31 bits per heavy atom. The molecule has 0 amide bonds. The molecule has 0 aliphatic carbocycles. The fourth-order valence-electron chi connectivity index (χ4n) is 0.516. The van der Waals surface area contributed by atoms with Gasteiger partial charge in [0.2, 0.25) is 3.42 Å². The van der Waals surface area contributed by atoms with Gasteiger partial charge in [0, 0.05) is 22.9 Å². The van der Waals surface area contributed by atoms with E-state index in [0.29, 0.717) is 5.33 Å². The van der Waals surface area contributed by atoms with Crippen LogP contribution in [0.5, 0.6) is 0 Å². The highest BCUT2D eigenvalue weighted by Crippen LogP contribution is 2.46. The standard InChI is InChI=1S/C9H11Br3O4/c1-8(2,5-10)9(11,12)16-7(15)4-3-6(13)14/h3-4H,5H2,1-2H3,(H,13,14)/b4-3+. The quantitative estimate of drug-likeness (QED) is 0.420. The van der Waals surface area contributed by atoms with Crippen molar-refractivity contribution in [3.05, 3.63) is 12.2 Å². The van der Waals surface area contributed by atoms with Crippen LogP contribution in [0.15, 0.2) is 12.2 Å². The lowest BCUT2D eigenvalue weighted by molar-refractivity contribution is -0.144. The number of carbonyl (C=O) groups excluding carboxylic acids is 1. The van der Waals surface area contributed by atoms with Crippen molar-refractivity contribution < 1.29 is 19.4 Å². The average Bonchev–Trinajstić information content (AvgIpc) is 2.13. The molecule has 4 nitrogen and oxygen atoms in total. The largest absolute Gasteiger partial charge is 0.478 e. The van der Waals surface area contributed by atoms with Crippen molar-refractivity contribution in [3.63, 3.8) is 0 Å². The summed E-state index contributed by atoms with van der Waals surface area (Å²) in [7, 11) is 0. The van der Waals surface area contributed by atoms with Gasteiger partial charge in [-0.05, 0) is 31.9 Å². The number of carboxylic acid groups (broad SMARTS) is 1. The third-order valence-electron chi connectivity index (χ3n) is 1.71. The summed E-state index contributed by atoms with van der Waals surface area (Å²) in [6.45, 7) is 3.72. The number of hydrogen-bond donors (Lipinski definition) is 1. The lowest BCUT2D eigenvalue weighted by atomic mass is 9.98. The molecule has 1 N–H and O–H groups in total. The molecule has 0 saturated heterocycles. The zero-order valence-electron chi connectivity index (χ0n) is 8.67. The van der Waals surface area contributed by atoms with E-state index < -0.39 is 20.8 Å². The Kier molecular flexibility index (Phi) is 6.21. The predicted molar refractivity (Wildman–Crippen MR) is 71.0 cm³/mol. The molecule has 0 aromatic carbocycles. The molecule has 0 spiro atoms. The van der Waals surface area contributed by atoms with Crippen molar-refractivity contribution in [3.8, 4) is 0 Å². The summed E-state index contributed by atoms with van der Waals surface area (Å²) in [5, 5.41) is 8.92. The van der Waals surface area contributed by atoms with Gasteiger partial charge in [0.05, 0.1) is 0 Å². The van der Waals surface area contributed by atoms with Crippen LogP contribution in [0.4, 0.5) is 0 Å². The van der Waals surface area contributed by atoms with Gasteiger partial charge in [-0.2, -0.15) is 0 Å². The van der Waals surface area contributed by atoms with E-state index in [1.54, 1.807) is 0 Å². The second-order valence-corrected chi connectivity index (χ2v) is 7.49. The number of halogens is 3. The zero-order chi connectivity index (χ0) is 13.0. The molecule has 0 heterocycles. The van der Waals surface area contributed by atoms with E-state index in [4.69, 9.17) is 9.84 Å². The molecule has 0 unspecified atom stereocenters. The van der Waals surface area contributed by atoms with Crippen molar-refractivity contribution >= 4 is 59.7 Å². The van der Waals surface area contributed by atoms with Crippen LogP contribution in [0.2, 0.25) is 0 Å². The predicted octanol–water partition coefficient (Wildman–Crippen LogP) is 3.04. The van der Waals surface area contributed by atoms with Crippen LogP contribution < -0.4 is 0 Å². The fraction of sp³-hybridized carbons (Fsp3) is 0.556. The number of carboxylic acids is 1. The highest BCUT2D eigenvalue weighted by molar-refractivity contribution is 9.25. The van der Waals surface area contributed by atoms with Crippen LogP contribution in [-0.2, 0) is 14.3 Å². The smallest absolute Gasteiger partial charge is 0.333 e. The second kappa shape index (κ2) is 6.16. The molecule has 0 rings (SSSR count). The average molecular weight is 423 g/mol. The summed E-state index contributed by atoms with van der Waals surface area (Å²) in [6, 6.07) is 0. The van der Waals surface area contributed by atoms with Gasteiger partial charge in [0.25, 0.3) is 0 Å². The number of hydrogen-bond acceptors (Lipinski definition) is 3. The summed E-state index contributed by atoms with van der Waals surface area (Å²) in [4.78, 5) is 21.5. The van der Waals surface area contributed by atoms with Gasteiger partial charge in [-0.1, -0.05) is 29.8 Å². The maximum absolute atomic E-state index is 11.3. The van der Waals surface area contributed by atoms with E-state index in [9.17, 15) is 9.59 Å². The van der Waals surface area contributed by atoms with Gasteiger partial charge in [-0.25, -0.2) is 9.59 Å². The molecule has 16 heavy (non-hydrogen) atoms. The molecule has 0 aromatic heterocycles. The number of esters is 1. The summed E-state index contributed by atoms with van der Waals surface area (Å²) in [5.74, 6) is -1.95. The molecule has 0 radical (unpaired) electrons. The first-order valence-electron chi connectivity index (χ1n) is 4.20. The van der Waals surface area contributed by atoms with Crippen LogP contribution in [0.25, 0.3) is 0 Å². The molecule has 0 fully saturated rings. The number of alkyl halides is 3. The Morgan fingerprint density at radius 2 is 1.81 bits per heavy atom. The van der Waals surface area contributed by atoms with Gasteiger partial charge in [0.15, 0.2) is 0 Å². The first kappa shape index (κ1) is 16.1. The molecule has 0 saturated carbocycles. The van der Waals surface area contributed by atoms with Gasteiger partial charge in [0.1, 0.15) is 0 Å². The van der Waals surface area contributed by atoms with Crippen molar-refractivity contribution in [2.24, 2.45) is 5.41 Å². The van der Waals surface area contributed by atoms with Crippen molar-refractivity contribution in [1.29, 1.82) is 0 Å². The molecule has 0 bridgehead atoms. The zero-order valence-corrected chi connectivity index (χ0v) is 13.4. The van der Waals surface area contributed by atoms with Crippen molar-refractivity contribution in [1.82, 2.24) is 0 Å². The third kappa shape index (κ3) is 4.97. The third-order valence-corrected chi connectivity index (χ3v) is 5.59. The molecule has 0 atom stereocenters. The van der Waals surface area contributed by atoms with Gasteiger partial charge in [-0.3, -0.25) is 0 Å². The summed E-state index contributed by atoms with van der Waals surface area (Å²) in [5.41, 5.74) is -0.417.